The quantitative estimate of drug-likeness (QED) is 0.461. The molecule has 5 nitrogen and oxygen atoms in total. The van der Waals surface area contributed by atoms with Crippen LogP contribution in [0, 0.1) is 0 Å². The molecule has 7 heteroatoms. The van der Waals surface area contributed by atoms with Gasteiger partial charge >= 0.3 is 0 Å². The van der Waals surface area contributed by atoms with Crippen LogP contribution in [0.25, 0.3) is 21.7 Å². The number of halogens is 1. The zero-order valence-electron chi connectivity index (χ0n) is 16.2. The van der Waals surface area contributed by atoms with Gasteiger partial charge in [0.15, 0.2) is 0 Å². The molecule has 29 heavy (non-hydrogen) atoms. The molecule has 1 aromatic heterocycles. The first-order chi connectivity index (χ1) is 13.8. The van der Waals surface area contributed by atoms with Gasteiger partial charge in [-0.05, 0) is 67.9 Å². The fourth-order valence-corrected chi connectivity index (χ4v) is 4.73. The van der Waals surface area contributed by atoms with Crippen molar-refractivity contribution in [2.75, 3.05) is 25.4 Å². The third-order valence-electron chi connectivity index (χ3n) is 4.96. The molecular weight excluding hydrogens is 406 g/mol. The summed E-state index contributed by atoms with van der Waals surface area (Å²) in [7, 11) is 0.346. The van der Waals surface area contributed by atoms with E-state index in [1.165, 1.54) is 0 Å². The summed E-state index contributed by atoms with van der Waals surface area (Å²) in [4.78, 5) is 5.58. The van der Waals surface area contributed by atoms with Crippen molar-refractivity contribution >= 4 is 49.0 Å². The summed E-state index contributed by atoms with van der Waals surface area (Å²) in [6.07, 6.45) is 2.87. The van der Waals surface area contributed by atoms with Gasteiger partial charge in [-0.15, -0.1) is 0 Å². The Labute approximate surface area is 175 Å². The van der Waals surface area contributed by atoms with Gasteiger partial charge < -0.3 is 9.88 Å². The van der Waals surface area contributed by atoms with Crippen LogP contribution < -0.4 is 4.72 Å². The molecule has 0 saturated heterocycles. The minimum absolute atomic E-state index is 0.203. The smallest absolute Gasteiger partial charge is 0.261 e. The monoisotopic (exact) mass is 427 g/mol. The number of H-pyrrole nitrogens is 1. The molecule has 0 unspecified atom stereocenters. The van der Waals surface area contributed by atoms with Crippen molar-refractivity contribution in [3.8, 4) is 0 Å². The Kier molecular flexibility index (Phi) is 5.25. The molecule has 1 heterocycles. The van der Waals surface area contributed by atoms with E-state index in [9.17, 15) is 8.42 Å². The number of fused-ring (bicyclic) bond motifs is 2. The molecule has 0 bridgehead atoms. The largest absolute Gasteiger partial charge is 0.361 e. The van der Waals surface area contributed by atoms with Crippen LogP contribution >= 0.6 is 11.6 Å². The van der Waals surface area contributed by atoms with Crippen LogP contribution in [-0.2, 0) is 16.4 Å². The molecule has 0 aliphatic rings. The van der Waals surface area contributed by atoms with Gasteiger partial charge in [0.1, 0.15) is 0 Å². The Morgan fingerprint density at radius 2 is 1.86 bits per heavy atom. The summed E-state index contributed by atoms with van der Waals surface area (Å²) in [6, 6.07) is 15.9. The summed E-state index contributed by atoms with van der Waals surface area (Å²) in [5.74, 6) is 0. The normalized spacial score (nSPS) is 12.1. The molecule has 0 spiro atoms. The Hall–Kier alpha value is -2.54. The average molecular weight is 428 g/mol. The number of anilines is 1. The number of benzene rings is 3. The molecule has 0 aliphatic carbocycles. The van der Waals surface area contributed by atoms with Gasteiger partial charge in [-0.2, -0.15) is 0 Å². The molecule has 0 amide bonds. The summed E-state index contributed by atoms with van der Waals surface area (Å²) < 4.78 is 28.6. The minimum Gasteiger partial charge on any atom is -0.361 e. The number of likely N-dealkylation sites (N-methyl/N-ethyl adjacent to an activating group) is 1. The lowest BCUT2D eigenvalue weighted by molar-refractivity contribution is 0.414. The highest BCUT2D eigenvalue weighted by Gasteiger charge is 2.16. The van der Waals surface area contributed by atoms with Gasteiger partial charge in [-0.3, -0.25) is 4.72 Å². The van der Waals surface area contributed by atoms with Crippen molar-refractivity contribution in [2.45, 2.75) is 11.3 Å². The maximum absolute atomic E-state index is 12.9. The fraction of sp³-hybridized carbons (Fsp3) is 0.182. The number of hydrogen-bond donors (Lipinski definition) is 2. The molecule has 0 aliphatic heterocycles. The SMILES string of the molecule is CN(C)CCc1c[nH]c2ccc(NS(=O)(=O)c3ccc4c(Cl)cccc4c3)cc12. The molecule has 3 aromatic carbocycles. The van der Waals surface area contributed by atoms with E-state index in [4.69, 9.17) is 11.6 Å². The lowest BCUT2D eigenvalue weighted by Gasteiger charge is -2.11. The molecular formula is C22H22ClN3O2S. The molecule has 0 radical (unpaired) electrons. The van der Waals surface area contributed by atoms with Gasteiger partial charge in [0.2, 0.25) is 0 Å². The van der Waals surface area contributed by atoms with E-state index in [1.54, 1.807) is 30.3 Å². The van der Waals surface area contributed by atoms with Gasteiger partial charge in [-0.1, -0.05) is 29.8 Å². The van der Waals surface area contributed by atoms with E-state index >= 15 is 0 Å². The van der Waals surface area contributed by atoms with E-state index in [0.717, 1.165) is 40.2 Å². The predicted molar refractivity (Wildman–Crippen MR) is 120 cm³/mol. The number of nitrogens with zero attached hydrogens (tertiary/aromatic N) is 1. The zero-order chi connectivity index (χ0) is 20.6. The number of sulfonamides is 1. The van der Waals surface area contributed by atoms with Crippen LogP contribution in [0.1, 0.15) is 5.56 Å². The number of aromatic nitrogens is 1. The maximum Gasteiger partial charge on any atom is 0.261 e. The molecule has 0 atom stereocenters. The summed E-state index contributed by atoms with van der Waals surface area (Å²) >= 11 is 6.19. The van der Waals surface area contributed by atoms with Crippen molar-refractivity contribution in [1.82, 2.24) is 9.88 Å². The van der Waals surface area contributed by atoms with Gasteiger partial charge in [0.25, 0.3) is 10.0 Å². The minimum atomic E-state index is -3.72. The van der Waals surface area contributed by atoms with Crippen LogP contribution in [0.15, 0.2) is 65.7 Å². The second-order valence-corrected chi connectivity index (χ2v) is 9.45. The van der Waals surface area contributed by atoms with Crippen LogP contribution in [0.3, 0.4) is 0 Å². The van der Waals surface area contributed by atoms with Crippen LogP contribution in [0.2, 0.25) is 5.02 Å². The first-order valence-electron chi connectivity index (χ1n) is 9.29. The number of rotatable bonds is 6. The molecule has 0 fully saturated rings. The fourth-order valence-electron chi connectivity index (χ4n) is 3.40. The average Bonchev–Trinajstić information content (AvgIpc) is 3.08. The predicted octanol–water partition coefficient (Wildman–Crippen LogP) is 4.88. The van der Waals surface area contributed by atoms with Crippen LogP contribution in [0.5, 0.6) is 0 Å². The topological polar surface area (TPSA) is 65.2 Å². The highest BCUT2D eigenvalue weighted by Crippen LogP contribution is 2.28. The Morgan fingerprint density at radius 3 is 2.66 bits per heavy atom. The van der Waals surface area contributed by atoms with Gasteiger partial charge in [0, 0.05) is 39.7 Å². The van der Waals surface area contributed by atoms with Crippen molar-refractivity contribution in [1.29, 1.82) is 0 Å². The third kappa shape index (κ3) is 4.10. The van der Waals surface area contributed by atoms with Crippen molar-refractivity contribution in [3.05, 3.63) is 71.4 Å². The highest BCUT2D eigenvalue weighted by molar-refractivity contribution is 7.92. The van der Waals surface area contributed by atoms with E-state index in [0.29, 0.717) is 10.7 Å². The molecule has 2 N–H and O–H groups in total. The summed E-state index contributed by atoms with van der Waals surface area (Å²) in [6.45, 7) is 0.919. The summed E-state index contributed by atoms with van der Waals surface area (Å²) in [5.41, 5.74) is 2.69. The first-order valence-corrected chi connectivity index (χ1v) is 11.2. The van der Waals surface area contributed by atoms with Gasteiger partial charge in [-0.25, -0.2) is 8.42 Å². The molecule has 150 valence electrons. The second kappa shape index (κ2) is 7.71. The zero-order valence-corrected chi connectivity index (χ0v) is 17.8. The second-order valence-electron chi connectivity index (χ2n) is 7.36. The van der Waals surface area contributed by atoms with Crippen molar-refractivity contribution < 1.29 is 8.42 Å². The number of nitrogens with one attached hydrogen (secondary N) is 2. The Balaban J connectivity index is 1.65. The van der Waals surface area contributed by atoms with E-state index in [2.05, 4.69) is 14.6 Å². The number of aromatic amines is 1. The maximum atomic E-state index is 12.9. The molecule has 4 aromatic rings. The third-order valence-corrected chi connectivity index (χ3v) is 6.67. The lowest BCUT2D eigenvalue weighted by atomic mass is 10.1. The Morgan fingerprint density at radius 1 is 1.03 bits per heavy atom. The van der Waals surface area contributed by atoms with E-state index in [-0.39, 0.29) is 4.90 Å². The van der Waals surface area contributed by atoms with Crippen molar-refractivity contribution in [3.63, 3.8) is 0 Å². The summed E-state index contributed by atoms with van der Waals surface area (Å²) in [5, 5.41) is 3.24. The molecule has 0 saturated carbocycles. The number of hydrogen-bond acceptors (Lipinski definition) is 3. The van der Waals surface area contributed by atoms with Crippen LogP contribution in [0.4, 0.5) is 5.69 Å². The van der Waals surface area contributed by atoms with E-state index < -0.39 is 10.0 Å². The highest BCUT2D eigenvalue weighted by atomic mass is 35.5. The standard InChI is InChI=1S/C22H22ClN3O2S/c1-26(2)11-10-16-14-24-22-9-6-17(13-20(16)22)25-29(27,28)18-7-8-19-15(12-18)4-3-5-21(19)23/h3-9,12-14,24-25H,10-11H2,1-2H3. The first kappa shape index (κ1) is 19.8. The van der Waals surface area contributed by atoms with E-state index in [1.807, 2.05) is 44.6 Å². The Bertz CT molecular complexity index is 1300. The van der Waals surface area contributed by atoms with Gasteiger partial charge in [0.05, 0.1) is 4.90 Å². The molecule has 4 rings (SSSR count). The lowest BCUT2D eigenvalue weighted by Crippen LogP contribution is -2.15. The van der Waals surface area contributed by atoms with Crippen molar-refractivity contribution in [2.24, 2.45) is 0 Å². The van der Waals surface area contributed by atoms with Crippen LogP contribution in [-0.4, -0.2) is 38.9 Å².